The van der Waals surface area contributed by atoms with Crippen LogP contribution in [0.25, 0.3) is 0 Å². The summed E-state index contributed by atoms with van der Waals surface area (Å²) in [6, 6.07) is 13.2. The lowest BCUT2D eigenvalue weighted by Gasteiger charge is -2.17. The molecule has 0 fully saturated rings. The van der Waals surface area contributed by atoms with Crippen molar-refractivity contribution in [2.75, 3.05) is 13.6 Å². The van der Waals surface area contributed by atoms with Crippen molar-refractivity contribution in [2.45, 2.75) is 36.2 Å². The maximum Gasteiger partial charge on any atom is 0.243 e. The summed E-state index contributed by atoms with van der Waals surface area (Å²) in [5.74, 6) is -0.548. The lowest BCUT2D eigenvalue weighted by atomic mass is 10.2. The van der Waals surface area contributed by atoms with Gasteiger partial charge in [-0.2, -0.15) is 9.57 Å². The second-order valence-electron chi connectivity index (χ2n) is 7.10. The van der Waals surface area contributed by atoms with Gasteiger partial charge in [-0.3, -0.25) is 4.79 Å². The van der Waals surface area contributed by atoms with E-state index in [9.17, 15) is 21.6 Å². The van der Waals surface area contributed by atoms with Crippen LogP contribution in [0.2, 0.25) is 0 Å². The molecule has 0 aliphatic carbocycles. The SMILES string of the molecule is CC(C)NS(=O)(=O)c1cccc(CNC(=O)CN(C)S(=O)(=O)c2ccc(C#N)cc2)c1. The zero-order valence-electron chi connectivity index (χ0n) is 17.4. The summed E-state index contributed by atoms with van der Waals surface area (Å²) < 4.78 is 53.1. The molecule has 0 saturated carbocycles. The summed E-state index contributed by atoms with van der Waals surface area (Å²) in [5, 5.41) is 11.4. The predicted molar refractivity (Wildman–Crippen MR) is 115 cm³/mol. The Morgan fingerprint density at radius 1 is 1.06 bits per heavy atom. The Labute approximate surface area is 182 Å². The molecule has 2 rings (SSSR count). The highest BCUT2D eigenvalue weighted by Gasteiger charge is 2.23. The molecule has 0 spiro atoms. The van der Waals surface area contributed by atoms with E-state index in [4.69, 9.17) is 5.26 Å². The lowest BCUT2D eigenvalue weighted by Crippen LogP contribution is -2.38. The van der Waals surface area contributed by atoms with Crippen LogP contribution in [0.5, 0.6) is 0 Å². The maximum absolute atomic E-state index is 12.6. The molecule has 0 radical (unpaired) electrons. The highest BCUT2D eigenvalue weighted by molar-refractivity contribution is 7.89. The van der Waals surface area contributed by atoms with E-state index in [1.54, 1.807) is 26.0 Å². The van der Waals surface area contributed by atoms with Gasteiger partial charge in [0.25, 0.3) is 0 Å². The first-order valence-electron chi connectivity index (χ1n) is 9.30. The molecule has 2 N–H and O–H groups in total. The van der Waals surface area contributed by atoms with E-state index in [2.05, 4.69) is 10.0 Å². The third-order valence-corrected chi connectivity index (χ3v) is 7.62. The minimum absolute atomic E-state index is 0.0302. The fourth-order valence-electron chi connectivity index (χ4n) is 2.63. The van der Waals surface area contributed by atoms with Gasteiger partial charge in [-0.05, 0) is 55.8 Å². The highest BCUT2D eigenvalue weighted by Crippen LogP contribution is 2.15. The molecule has 31 heavy (non-hydrogen) atoms. The number of hydrogen-bond acceptors (Lipinski definition) is 6. The Morgan fingerprint density at radius 3 is 2.29 bits per heavy atom. The van der Waals surface area contributed by atoms with Gasteiger partial charge < -0.3 is 5.32 Å². The number of benzene rings is 2. The smallest absolute Gasteiger partial charge is 0.243 e. The molecular formula is C20H24N4O5S2. The topological polar surface area (TPSA) is 136 Å². The number of amides is 1. The van der Waals surface area contributed by atoms with E-state index < -0.39 is 32.5 Å². The number of rotatable bonds is 9. The molecule has 0 aliphatic heterocycles. The monoisotopic (exact) mass is 464 g/mol. The molecule has 0 bridgehead atoms. The molecule has 2 aromatic rings. The summed E-state index contributed by atoms with van der Waals surface area (Å²) in [7, 11) is -6.29. The van der Waals surface area contributed by atoms with Crippen molar-refractivity contribution in [3.63, 3.8) is 0 Å². The van der Waals surface area contributed by atoms with Gasteiger partial charge in [0.05, 0.1) is 28.0 Å². The standard InChI is InChI=1S/C20H24N4O5S2/c1-15(2)23-30(26,27)19-6-4-5-17(11-19)13-22-20(25)14-24(3)31(28,29)18-9-7-16(12-21)8-10-18/h4-11,15,23H,13-14H2,1-3H3,(H,22,25). The molecule has 166 valence electrons. The van der Waals surface area contributed by atoms with Crippen molar-refractivity contribution in [3.05, 3.63) is 59.7 Å². The van der Waals surface area contributed by atoms with Crippen LogP contribution in [0.4, 0.5) is 0 Å². The van der Waals surface area contributed by atoms with Crippen LogP contribution in [0, 0.1) is 11.3 Å². The summed E-state index contributed by atoms with van der Waals surface area (Å²) in [4.78, 5) is 12.3. The van der Waals surface area contributed by atoms with Crippen molar-refractivity contribution in [1.29, 1.82) is 5.26 Å². The number of carbonyl (C=O) groups excluding carboxylic acids is 1. The van der Waals surface area contributed by atoms with Gasteiger partial charge in [-0.25, -0.2) is 21.6 Å². The van der Waals surface area contributed by atoms with Crippen molar-refractivity contribution in [1.82, 2.24) is 14.3 Å². The first kappa shape index (κ1) is 24.5. The quantitative estimate of drug-likeness (QED) is 0.572. The van der Waals surface area contributed by atoms with Gasteiger partial charge >= 0.3 is 0 Å². The molecule has 0 aromatic heterocycles. The fourth-order valence-corrected chi connectivity index (χ4v) is 5.07. The number of nitrogens with one attached hydrogen (secondary N) is 2. The lowest BCUT2D eigenvalue weighted by molar-refractivity contribution is -0.121. The van der Waals surface area contributed by atoms with Gasteiger partial charge in [0.2, 0.25) is 26.0 Å². The molecule has 11 heteroatoms. The predicted octanol–water partition coefficient (Wildman–Crippen LogP) is 1.18. The second kappa shape index (κ2) is 10.0. The zero-order valence-corrected chi connectivity index (χ0v) is 19.0. The Morgan fingerprint density at radius 2 is 1.71 bits per heavy atom. The number of likely N-dealkylation sites (N-methyl/N-ethyl adjacent to an activating group) is 1. The van der Waals surface area contributed by atoms with Crippen LogP contribution in [0.15, 0.2) is 58.3 Å². The van der Waals surface area contributed by atoms with Crippen LogP contribution in [0.1, 0.15) is 25.0 Å². The second-order valence-corrected chi connectivity index (χ2v) is 10.9. The van der Waals surface area contributed by atoms with Gasteiger partial charge in [0, 0.05) is 19.6 Å². The number of carbonyl (C=O) groups is 1. The van der Waals surface area contributed by atoms with Gasteiger partial charge in [-0.1, -0.05) is 12.1 Å². The Bertz CT molecular complexity index is 1180. The average Bonchev–Trinajstić information content (AvgIpc) is 2.71. The fraction of sp³-hybridized carbons (Fsp3) is 0.300. The normalized spacial score (nSPS) is 12.0. The largest absolute Gasteiger partial charge is 0.351 e. The zero-order chi connectivity index (χ0) is 23.2. The Kier molecular flexibility index (Phi) is 7.91. The van der Waals surface area contributed by atoms with Crippen LogP contribution >= 0.6 is 0 Å². The van der Waals surface area contributed by atoms with Gasteiger partial charge in [0.1, 0.15) is 0 Å². The molecule has 0 heterocycles. The van der Waals surface area contributed by atoms with E-state index in [0.29, 0.717) is 11.1 Å². The average molecular weight is 465 g/mol. The number of nitriles is 1. The van der Waals surface area contributed by atoms with E-state index in [1.807, 2.05) is 6.07 Å². The Hall–Kier alpha value is -2.78. The van der Waals surface area contributed by atoms with Crippen molar-refractivity contribution in [2.24, 2.45) is 0 Å². The van der Waals surface area contributed by atoms with Crippen molar-refractivity contribution < 1.29 is 21.6 Å². The van der Waals surface area contributed by atoms with Crippen LogP contribution in [0.3, 0.4) is 0 Å². The summed E-state index contributed by atoms with van der Waals surface area (Å²) in [6.45, 7) is 3.04. The molecule has 0 aliphatic rings. The number of nitrogens with zero attached hydrogens (tertiary/aromatic N) is 2. The molecule has 9 nitrogen and oxygen atoms in total. The van der Waals surface area contributed by atoms with E-state index in [1.165, 1.54) is 43.4 Å². The highest BCUT2D eigenvalue weighted by atomic mass is 32.2. The minimum Gasteiger partial charge on any atom is -0.351 e. The molecular weight excluding hydrogens is 440 g/mol. The first-order valence-corrected chi connectivity index (χ1v) is 12.2. The van der Waals surface area contributed by atoms with E-state index in [0.717, 1.165) is 4.31 Å². The van der Waals surface area contributed by atoms with E-state index >= 15 is 0 Å². The third kappa shape index (κ3) is 6.60. The summed E-state index contributed by atoms with van der Waals surface area (Å²) >= 11 is 0. The molecule has 1 amide bonds. The Balaban J connectivity index is 2.01. The van der Waals surface area contributed by atoms with Crippen LogP contribution in [-0.4, -0.2) is 46.7 Å². The molecule has 0 atom stereocenters. The summed E-state index contributed by atoms with van der Waals surface area (Å²) in [5.41, 5.74) is 0.879. The third-order valence-electron chi connectivity index (χ3n) is 4.15. The number of sulfonamides is 2. The van der Waals surface area contributed by atoms with Gasteiger partial charge in [-0.15, -0.1) is 0 Å². The molecule has 2 aromatic carbocycles. The van der Waals surface area contributed by atoms with Crippen molar-refractivity contribution in [3.8, 4) is 6.07 Å². The number of hydrogen-bond donors (Lipinski definition) is 2. The molecule has 0 unspecified atom stereocenters. The van der Waals surface area contributed by atoms with Crippen molar-refractivity contribution >= 4 is 26.0 Å². The maximum atomic E-state index is 12.6. The van der Waals surface area contributed by atoms with E-state index in [-0.39, 0.29) is 22.4 Å². The van der Waals surface area contributed by atoms with Crippen LogP contribution in [-0.2, 0) is 31.4 Å². The summed E-state index contributed by atoms with van der Waals surface area (Å²) in [6.07, 6.45) is 0. The van der Waals surface area contributed by atoms with Crippen LogP contribution < -0.4 is 10.0 Å². The molecule has 0 saturated heterocycles. The minimum atomic E-state index is -3.90. The first-order chi connectivity index (χ1) is 14.5. The van der Waals surface area contributed by atoms with Gasteiger partial charge in [0.15, 0.2) is 0 Å².